The summed E-state index contributed by atoms with van der Waals surface area (Å²) in [6.45, 7) is 2.85. The van der Waals surface area contributed by atoms with Gasteiger partial charge in [-0.2, -0.15) is 0 Å². The highest BCUT2D eigenvalue weighted by atomic mass is 32.2. The van der Waals surface area contributed by atoms with Gasteiger partial charge >= 0.3 is 0 Å². The van der Waals surface area contributed by atoms with Gasteiger partial charge in [-0.25, -0.2) is 23.5 Å². The van der Waals surface area contributed by atoms with Crippen molar-refractivity contribution < 1.29 is 27.7 Å². The van der Waals surface area contributed by atoms with E-state index in [2.05, 4.69) is 10.3 Å². The summed E-state index contributed by atoms with van der Waals surface area (Å²) in [7, 11) is -2.47. The summed E-state index contributed by atoms with van der Waals surface area (Å²) in [5.74, 6) is -0.585. The van der Waals surface area contributed by atoms with Crippen molar-refractivity contribution in [2.45, 2.75) is 50.2 Å². The van der Waals surface area contributed by atoms with Crippen LogP contribution in [-0.4, -0.2) is 27.3 Å². The van der Waals surface area contributed by atoms with Crippen molar-refractivity contribution in [2.75, 3.05) is 12.4 Å². The van der Waals surface area contributed by atoms with Crippen LogP contribution in [0.15, 0.2) is 46.2 Å². The van der Waals surface area contributed by atoms with Gasteiger partial charge in [0, 0.05) is 23.4 Å². The average Bonchev–Trinajstić information content (AvgIpc) is 3.24. The third-order valence-electron chi connectivity index (χ3n) is 6.33. The minimum atomic E-state index is -3.94. The molecular formula is C25H29FN4O5S. The molecule has 192 valence electrons. The number of anilines is 1. The predicted molar refractivity (Wildman–Crippen MR) is 132 cm³/mol. The molecule has 0 spiro atoms. The number of carbonyl (C=O) groups is 1. The van der Waals surface area contributed by atoms with Crippen LogP contribution < -0.4 is 15.2 Å². The van der Waals surface area contributed by atoms with Gasteiger partial charge in [-0.1, -0.05) is 19.3 Å². The van der Waals surface area contributed by atoms with Gasteiger partial charge in [0.05, 0.1) is 24.7 Å². The Morgan fingerprint density at radius 3 is 2.69 bits per heavy atom. The molecule has 2 heterocycles. The molecule has 36 heavy (non-hydrogen) atoms. The monoisotopic (exact) mass is 516 g/mol. The van der Waals surface area contributed by atoms with Crippen molar-refractivity contribution in [1.82, 2.24) is 4.98 Å². The molecule has 0 bridgehead atoms. The largest absolute Gasteiger partial charge is 0.481 e. The van der Waals surface area contributed by atoms with Crippen molar-refractivity contribution >= 4 is 21.5 Å². The van der Waals surface area contributed by atoms with E-state index < -0.39 is 32.3 Å². The van der Waals surface area contributed by atoms with Crippen molar-refractivity contribution in [3.8, 4) is 17.0 Å². The number of rotatable bonds is 8. The quantitative estimate of drug-likeness (QED) is 0.344. The van der Waals surface area contributed by atoms with Crippen LogP contribution in [0.2, 0.25) is 0 Å². The Morgan fingerprint density at radius 2 is 2.11 bits per heavy atom. The number of hydrogen-bond acceptors (Lipinski definition) is 7. The third kappa shape index (κ3) is 5.28. The zero-order valence-corrected chi connectivity index (χ0v) is 21.1. The maximum atomic E-state index is 14.8. The summed E-state index contributed by atoms with van der Waals surface area (Å²) in [5.41, 5.74) is 0.0736. The number of hydrogen-bond donors (Lipinski definition) is 4. The van der Waals surface area contributed by atoms with Crippen LogP contribution in [0.5, 0.6) is 5.88 Å². The van der Waals surface area contributed by atoms with Crippen LogP contribution in [-0.2, 0) is 21.9 Å². The second-order valence-electron chi connectivity index (χ2n) is 9.50. The minimum Gasteiger partial charge on any atom is -0.481 e. The molecule has 3 aromatic rings. The van der Waals surface area contributed by atoms with E-state index in [1.54, 1.807) is 12.1 Å². The van der Waals surface area contributed by atoms with Crippen LogP contribution in [0.1, 0.15) is 54.6 Å². The second-order valence-corrected chi connectivity index (χ2v) is 11.1. The summed E-state index contributed by atoms with van der Waals surface area (Å²) in [4.78, 5) is 17.7. The molecule has 1 unspecified atom stereocenters. The molecule has 2 aromatic heterocycles. The zero-order chi connectivity index (χ0) is 26.3. The number of ether oxygens (including phenoxy) is 1. The average molecular weight is 517 g/mol. The first-order chi connectivity index (χ1) is 16.9. The fourth-order valence-electron chi connectivity index (χ4n) is 4.30. The lowest BCUT2D eigenvalue weighted by Crippen LogP contribution is -2.25. The Kier molecular flexibility index (Phi) is 6.91. The van der Waals surface area contributed by atoms with Crippen molar-refractivity contribution in [3.63, 3.8) is 0 Å². The maximum absolute atomic E-state index is 14.8. The smallest absolute Gasteiger partial charge is 0.260 e. The maximum Gasteiger partial charge on any atom is 0.260 e. The zero-order valence-electron chi connectivity index (χ0n) is 20.3. The molecule has 0 aliphatic heterocycles. The van der Waals surface area contributed by atoms with Gasteiger partial charge in [-0.15, -0.1) is 0 Å². The Labute approximate surface area is 209 Å². The van der Waals surface area contributed by atoms with Gasteiger partial charge in [-0.05, 0) is 55.5 Å². The number of nitrogens with one attached hydrogen (secondary N) is 2. The van der Waals surface area contributed by atoms with E-state index in [4.69, 9.17) is 19.1 Å². The second kappa shape index (κ2) is 9.64. The molecule has 0 radical (unpaired) electrons. The molecule has 1 aromatic carbocycles. The van der Waals surface area contributed by atoms with Gasteiger partial charge in [0.15, 0.2) is 9.92 Å². The van der Waals surface area contributed by atoms with Gasteiger partial charge in [0.1, 0.15) is 11.4 Å². The van der Waals surface area contributed by atoms with Gasteiger partial charge in [0.2, 0.25) is 11.0 Å². The fraction of sp³-hybridized carbons (Fsp3) is 0.360. The molecule has 1 fully saturated rings. The van der Waals surface area contributed by atoms with E-state index in [1.165, 1.54) is 39.3 Å². The minimum absolute atomic E-state index is 0.0233. The summed E-state index contributed by atoms with van der Waals surface area (Å²) in [6.07, 6.45) is 6.24. The Bertz CT molecular complexity index is 1410. The Hall–Kier alpha value is -3.28. The number of methoxy groups -OCH3 is 1. The highest BCUT2D eigenvalue weighted by Gasteiger charge is 2.33. The van der Waals surface area contributed by atoms with Gasteiger partial charge in [-0.3, -0.25) is 4.79 Å². The number of benzene rings is 1. The summed E-state index contributed by atoms with van der Waals surface area (Å²) in [6, 6.07) is 5.99. The van der Waals surface area contributed by atoms with Crippen LogP contribution in [0.25, 0.3) is 11.1 Å². The lowest BCUT2D eigenvalue weighted by atomic mass is 9.80. The normalized spacial score (nSPS) is 15.7. The van der Waals surface area contributed by atoms with Crippen LogP contribution in [0.3, 0.4) is 0 Å². The van der Waals surface area contributed by atoms with E-state index in [0.717, 1.165) is 25.5 Å². The van der Waals surface area contributed by atoms with E-state index in [1.807, 2.05) is 0 Å². The molecule has 11 heteroatoms. The summed E-state index contributed by atoms with van der Waals surface area (Å²) in [5, 5.41) is 18.4. The first kappa shape index (κ1) is 25.8. The highest BCUT2D eigenvalue weighted by molar-refractivity contribution is 7.90. The molecule has 1 atom stereocenters. The predicted octanol–water partition coefficient (Wildman–Crippen LogP) is 4.59. The molecule has 4 rings (SSSR count). The highest BCUT2D eigenvalue weighted by Crippen LogP contribution is 2.39. The molecule has 1 saturated carbocycles. The van der Waals surface area contributed by atoms with Crippen molar-refractivity contribution in [3.05, 3.63) is 59.2 Å². The SMILES string of the molecule is COc1cc(-c2cc(F)cc(CC3CCC3)c2NC(=O)c2c(C(C)(C)O)coc2S(=N)(N)=O)ccn1. The number of furan rings is 1. The molecule has 5 N–H and O–H groups in total. The molecule has 1 amide bonds. The number of halogens is 1. The standard InChI is InChI=1S/C25H29FN4O5S/c1-25(2,32)19-13-35-24(36(27,28)33)21(19)23(31)30-22-16(9-14-5-4-6-14)10-17(26)12-18(22)15-7-8-29-20(11-15)34-3/h7-8,10-14,32H,4-6,9H2,1-3H3,(H,30,31)(H3,27,28,33). The van der Waals surface area contributed by atoms with Crippen LogP contribution in [0.4, 0.5) is 10.1 Å². The van der Waals surface area contributed by atoms with Crippen molar-refractivity contribution in [1.29, 1.82) is 4.78 Å². The lowest BCUT2D eigenvalue weighted by Gasteiger charge is -2.27. The number of aromatic nitrogens is 1. The Balaban J connectivity index is 1.88. The summed E-state index contributed by atoms with van der Waals surface area (Å²) >= 11 is 0. The fourth-order valence-corrected chi connectivity index (χ4v) is 5.00. The number of nitrogens with zero attached hydrogens (tertiary/aromatic N) is 1. The molecule has 1 aliphatic rings. The molecule has 9 nitrogen and oxygen atoms in total. The third-order valence-corrected chi connectivity index (χ3v) is 7.18. The molecule has 0 saturated heterocycles. The van der Waals surface area contributed by atoms with E-state index in [-0.39, 0.29) is 11.1 Å². The topological polar surface area (TPSA) is 152 Å². The van der Waals surface area contributed by atoms with Crippen LogP contribution in [0, 0.1) is 16.5 Å². The molecule has 1 aliphatic carbocycles. The van der Waals surface area contributed by atoms with Gasteiger partial charge < -0.3 is 19.6 Å². The van der Waals surface area contributed by atoms with E-state index >= 15 is 0 Å². The first-order valence-electron chi connectivity index (χ1n) is 11.4. The van der Waals surface area contributed by atoms with Crippen molar-refractivity contribution in [2.24, 2.45) is 11.1 Å². The van der Waals surface area contributed by atoms with E-state index in [9.17, 15) is 18.5 Å². The van der Waals surface area contributed by atoms with Crippen LogP contribution >= 0.6 is 0 Å². The lowest BCUT2D eigenvalue weighted by molar-refractivity contribution is 0.0754. The number of nitrogens with two attached hydrogens (primary N) is 1. The number of pyridine rings is 1. The number of aliphatic hydroxyl groups is 1. The Morgan fingerprint density at radius 1 is 1.39 bits per heavy atom. The van der Waals surface area contributed by atoms with E-state index in [0.29, 0.717) is 40.6 Å². The molecular weight excluding hydrogens is 487 g/mol. The number of amides is 1. The van der Waals surface area contributed by atoms with Gasteiger partial charge in [0.25, 0.3) is 5.91 Å². The summed E-state index contributed by atoms with van der Waals surface area (Å²) < 4.78 is 45.5. The number of carbonyl (C=O) groups excluding carboxylic acids is 1. The first-order valence-corrected chi connectivity index (χ1v) is 13.1.